The van der Waals surface area contributed by atoms with Gasteiger partial charge in [0.05, 0.1) is 18.7 Å². The number of amides is 1. The lowest BCUT2D eigenvalue weighted by molar-refractivity contribution is -0.122. The Labute approximate surface area is 110 Å². The first-order chi connectivity index (χ1) is 8.81. The van der Waals surface area contributed by atoms with Crippen LogP contribution in [0.2, 0.25) is 0 Å². The Morgan fingerprint density at radius 3 is 2.94 bits per heavy atom. The van der Waals surface area contributed by atoms with Crippen molar-refractivity contribution in [1.82, 2.24) is 5.32 Å². The molecule has 2 aromatic rings. The van der Waals surface area contributed by atoms with Gasteiger partial charge in [0.15, 0.2) is 0 Å². The molecule has 1 atom stereocenters. The molecular formula is C13H16N2O2S. The minimum atomic E-state index is -0.162. The van der Waals surface area contributed by atoms with Crippen molar-refractivity contribution in [1.29, 1.82) is 0 Å². The zero-order valence-corrected chi connectivity index (χ0v) is 10.8. The summed E-state index contributed by atoms with van der Waals surface area (Å²) in [6, 6.07) is 7.56. The van der Waals surface area contributed by atoms with Gasteiger partial charge in [0.2, 0.25) is 5.91 Å². The van der Waals surface area contributed by atoms with Gasteiger partial charge in [-0.05, 0) is 36.5 Å². The lowest BCUT2D eigenvalue weighted by Crippen LogP contribution is -2.29. The fraction of sp³-hybridized carbons (Fsp3) is 0.308. The van der Waals surface area contributed by atoms with Crippen molar-refractivity contribution < 1.29 is 9.21 Å². The van der Waals surface area contributed by atoms with Crippen LogP contribution in [0, 0.1) is 0 Å². The molecule has 5 heteroatoms. The molecule has 0 aliphatic heterocycles. The van der Waals surface area contributed by atoms with Crippen molar-refractivity contribution in [2.45, 2.75) is 18.9 Å². The molecule has 0 fully saturated rings. The molecule has 4 nitrogen and oxygen atoms in total. The molecule has 0 saturated heterocycles. The predicted octanol–water partition coefficient (Wildman–Crippen LogP) is 2.09. The van der Waals surface area contributed by atoms with Crippen LogP contribution in [-0.4, -0.2) is 12.5 Å². The van der Waals surface area contributed by atoms with E-state index in [1.807, 2.05) is 23.6 Å². The average Bonchev–Trinajstić information content (AvgIpc) is 3.05. The molecule has 2 rings (SSSR count). The van der Waals surface area contributed by atoms with Crippen LogP contribution < -0.4 is 11.1 Å². The van der Waals surface area contributed by atoms with Crippen LogP contribution in [0.4, 0.5) is 0 Å². The summed E-state index contributed by atoms with van der Waals surface area (Å²) in [6.07, 6.45) is 2.25. The van der Waals surface area contributed by atoms with E-state index in [2.05, 4.69) is 5.32 Å². The van der Waals surface area contributed by atoms with Gasteiger partial charge in [0.1, 0.15) is 5.76 Å². The third kappa shape index (κ3) is 3.21. The highest BCUT2D eigenvalue weighted by molar-refractivity contribution is 7.10. The highest BCUT2D eigenvalue weighted by Crippen LogP contribution is 2.24. The summed E-state index contributed by atoms with van der Waals surface area (Å²) in [5, 5.41) is 4.85. The number of hydrogen-bond donors (Lipinski definition) is 2. The zero-order chi connectivity index (χ0) is 12.8. The van der Waals surface area contributed by atoms with E-state index in [1.165, 1.54) is 0 Å². The van der Waals surface area contributed by atoms with Crippen LogP contribution in [0.3, 0.4) is 0 Å². The molecule has 3 N–H and O–H groups in total. The number of thiophene rings is 1. The molecule has 1 unspecified atom stereocenters. The van der Waals surface area contributed by atoms with Crippen molar-refractivity contribution in [3.05, 3.63) is 46.5 Å². The second kappa shape index (κ2) is 6.37. The first kappa shape index (κ1) is 12.9. The van der Waals surface area contributed by atoms with E-state index < -0.39 is 0 Å². The second-order valence-electron chi connectivity index (χ2n) is 3.94. The fourth-order valence-electron chi connectivity index (χ4n) is 1.77. The molecule has 0 radical (unpaired) electrons. The normalized spacial score (nSPS) is 12.3. The van der Waals surface area contributed by atoms with Crippen LogP contribution in [0.1, 0.15) is 23.0 Å². The molecule has 18 heavy (non-hydrogen) atoms. The molecule has 0 aromatic carbocycles. The van der Waals surface area contributed by atoms with Gasteiger partial charge in [-0.2, -0.15) is 0 Å². The van der Waals surface area contributed by atoms with Gasteiger partial charge >= 0.3 is 0 Å². The lowest BCUT2D eigenvalue weighted by Gasteiger charge is -2.13. The van der Waals surface area contributed by atoms with E-state index >= 15 is 0 Å². The maximum atomic E-state index is 12.1. The first-order valence-electron chi connectivity index (χ1n) is 5.85. The molecule has 0 saturated carbocycles. The maximum Gasteiger partial charge on any atom is 0.228 e. The van der Waals surface area contributed by atoms with Gasteiger partial charge in [-0.25, -0.2) is 0 Å². The number of nitrogens with one attached hydrogen (secondary N) is 1. The molecular weight excluding hydrogens is 248 g/mol. The van der Waals surface area contributed by atoms with Crippen LogP contribution >= 0.6 is 11.3 Å². The van der Waals surface area contributed by atoms with Crippen LogP contribution in [0.5, 0.6) is 0 Å². The molecule has 0 aliphatic rings. The third-order valence-electron chi connectivity index (χ3n) is 2.68. The second-order valence-corrected chi connectivity index (χ2v) is 4.92. The SMILES string of the molecule is NCCC(C(=O)NCc1ccco1)c1cccs1. The van der Waals surface area contributed by atoms with Crippen molar-refractivity contribution in [2.75, 3.05) is 6.54 Å². The number of furan rings is 1. The van der Waals surface area contributed by atoms with E-state index in [0.717, 1.165) is 10.6 Å². The van der Waals surface area contributed by atoms with E-state index in [-0.39, 0.29) is 11.8 Å². The van der Waals surface area contributed by atoms with Gasteiger partial charge in [-0.3, -0.25) is 4.79 Å². The molecule has 0 spiro atoms. The van der Waals surface area contributed by atoms with Crippen molar-refractivity contribution in [2.24, 2.45) is 5.73 Å². The van der Waals surface area contributed by atoms with Crippen LogP contribution in [0.25, 0.3) is 0 Å². The van der Waals surface area contributed by atoms with Gasteiger partial charge in [-0.1, -0.05) is 6.07 Å². The van der Waals surface area contributed by atoms with E-state index in [1.54, 1.807) is 23.7 Å². The molecule has 2 aromatic heterocycles. The summed E-state index contributed by atoms with van der Waals surface area (Å²) in [5.41, 5.74) is 5.57. The summed E-state index contributed by atoms with van der Waals surface area (Å²) in [4.78, 5) is 13.2. The minimum Gasteiger partial charge on any atom is -0.467 e. The summed E-state index contributed by atoms with van der Waals surface area (Å²) in [7, 11) is 0. The van der Waals surface area contributed by atoms with Gasteiger partial charge in [0, 0.05) is 4.88 Å². The molecule has 0 bridgehead atoms. The average molecular weight is 264 g/mol. The zero-order valence-electron chi connectivity index (χ0n) is 9.96. The van der Waals surface area contributed by atoms with Crippen LogP contribution in [0.15, 0.2) is 40.3 Å². The van der Waals surface area contributed by atoms with Crippen molar-refractivity contribution in [3.63, 3.8) is 0 Å². The number of hydrogen-bond acceptors (Lipinski definition) is 4. The predicted molar refractivity (Wildman–Crippen MR) is 71.3 cm³/mol. The van der Waals surface area contributed by atoms with E-state index in [4.69, 9.17) is 10.2 Å². The largest absolute Gasteiger partial charge is 0.467 e. The minimum absolute atomic E-state index is 0.000648. The summed E-state index contributed by atoms with van der Waals surface area (Å²) >= 11 is 1.58. The third-order valence-corrected chi connectivity index (χ3v) is 3.66. The molecule has 2 heterocycles. The summed E-state index contributed by atoms with van der Waals surface area (Å²) in [5.74, 6) is 0.588. The quantitative estimate of drug-likeness (QED) is 0.839. The van der Waals surface area contributed by atoms with Crippen molar-refractivity contribution >= 4 is 17.2 Å². The molecule has 0 aliphatic carbocycles. The van der Waals surface area contributed by atoms with Crippen LogP contribution in [-0.2, 0) is 11.3 Å². The van der Waals surface area contributed by atoms with E-state index in [0.29, 0.717) is 19.5 Å². The van der Waals surface area contributed by atoms with Crippen molar-refractivity contribution in [3.8, 4) is 0 Å². The Morgan fingerprint density at radius 2 is 2.33 bits per heavy atom. The number of carbonyl (C=O) groups is 1. The first-order valence-corrected chi connectivity index (χ1v) is 6.73. The Balaban J connectivity index is 1.96. The Bertz CT molecular complexity index is 465. The Kier molecular flexibility index (Phi) is 4.55. The smallest absolute Gasteiger partial charge is 0.228 e. The van der Waals surface area contributed by atoms with Gasteiger partial charge < -0.3 is 15.5 Å². The molecule has 1 amide bonds. The monoisotopic (exact) mass is 264 g/mol. The summed E-state index contributed by atoms with van der Waals surface area (Å²) < 4.78 is 5.18. The standard InChI is InChI=1S/C13H16N2O2S/c14-6-5-11(12-4-2-8-18-12)13(16)15-9-10-3-1-7-17-10/h1-4,7-8,11H,5-6,9,14H2,(H,15,16). The highest BCUT2D eigenvalue weighted by Gasteiger charge is 2.20. The lowest BCUT2D eigenvalue weighted by atomic mass is 10.0. The molecule has 96 valence electrons. The van der Waals surface area contributed by atoms with E-state index in [9.17, 15) is 4.79 Å². The summed E-state index contributed by atoms with van der Waals surface area (Å²) in [6.45, 7) is 0.912. The number of rotatable bonds is 6. The number of carbonyl (C=O) groups excluding carboxylic acids is 1. The topological polar surface area (TPSA) is 68.3 Å². The van der Waals surface area contributed by atoms with Gasteiger partial charge in [0.25, 0.3) is 0 Å². The maximum absolute atomic E-state index is 12.1. The Morgan fingerprint density at radius 1 is 1.44 bits per heavy atom. The highest BCUT2D eigenvalue weighted by atomic mass is 32.1. The van der Waals surface area contributed by atoms with Gasteiger partial charge in [-0.15, -0.1) is 11.3 Å². The number of nitrogens with two attached hydrogens (primary N) is 1. The Hall–Kier alpha value is -1.59. The fourth-order valence-corrected chi connectivity index (χ4v) is 2.63.